The average molecular weight is 261 g/mol. The Morgan fingerprint density at radius 2 is 2.05 bits per heavy atom. The molecular formula is C15H23N3O. The molecule has 1 aromatic rings. The second-order valence-corrected chi connectivity index (χ2v) is 6.15. The second-order valence-electron chi connectivity index (χ2n) is 6.15. The lowest BCUT2D eigenvalue weighted by Gasteiger charge is -2.37. The molecule has 2 rings (SSSR count). The summed E-state index contributed by atoms with van der Waals surface area (Å²) in [5.41, 5.74) is 8.15. The molecule has 0 aromatic heterocycles. The maximum absolute atomic E-state index is 11.8. The number of para-hydroxylation sites is 1. The SMILES string of the molecule is CC(C)(C)c1ccccc1N1CC(=O)NC(CN)C1. The topological polar surface area (TPSA) is 58.4 Å². The standard InChI is InChI=1S/C15H23N3O/c1-15(2,3)12-6-4-5-7-13(12)18-9-11(8-16)17-14(19)10-18/h4-7,11H,8-10,16H2,1-3H3,(H,17,19). The van der Waals surface area contributed by atoms with Gasteiger partial charge in [0.05, 0.1) is 12.6 Å². The number of hydrogen-bond donors (Lipinski definition) is 2. The van der Waals surface area contributed by atoms with E-state index >= 15 is 0 Å². The summed E-state index contributed by atoms with van der Waals surface area (Å²) in [7, 11) is 0. The first-order valence-corrected chi connectivity index (χ1v) is 6.75. The number of anilines is 1. The molecule has 1 heterocycles. The van der Waals surface area contributed by atoms with Crippen LogP contribution in [0.25, 0.3) is 0 Å². The zero-order valence-electron chi connectivity index (χ0n) is 11.9. The number of hydrogen-bond acceptors (Lipinski definition) is 3. The lowest BCUT2D eigenvalue weighted by Crippen LogP contribution is -2.57. The van der Waals surface area contributed by atoms with Gasteiger partial charge in [0.2, 0.25) is 5.91 Å². The van der Waals surface area contributed by atoms with Crippen molar-refractivity contribution in [3.8, 4) is 0 Å². The number of amides is 1. The summed E-state index contributed by atoms with van der Waals surface area (Å²) in [4.78, 5) is 13.9. The number of nitrogens with two attached hydrogens (primary N) is 1. The van der Waals surface area contributed by atoms with Crippen molar-refractivity contribution in [3.05, 3.63) is 29.8 Å². The molecule has 4 heteroatoms. The number of rotatable bonds is 2. The molecular weight excluding hydrogens is 238 g/mol. The van der Waals surface area contributed by atoms with Crippen LogP contribution in [0.4, 0.5) is 5.69 Å². The fraction of sp³-hybridized carbons (Fsp3) is 0.533. The molecule has 1 aromatic carbocycles. The maximum atomic E-state index is 11.8. The number of nitrogens with one attached hydrogen (secondary N) is 1. The molecule has 1 fully saturated rings. The number of carbonyl (C=O) groups is 1. The quantitative estimate of drug-likeness (QED) is 0.842. The van der Waals surface area contributed by atoms with Crippen molar-refractivity contribution in [2.75, 3.05) is 24.5 Å². The van der Waals surface area contributed by atoms with E-state index in [1.54, 1.807) is 0 Å². The van der Waals surface area contributed by atoms with Crippen LogP contribution in [0.15, 0.2) is 24.3 Å². The fourth-order valence-electron chi connectivity index (χ4n) is 2.52. The van der Waals surface area contributed by atoms with Gasteiger partial charge in [-0.25, -0.2) is 0 Å². The van der Waals surface area contributed by atoms with Gasteiger partial charge >= 0.3 is 0 Å². The minimum atomic E-state index is 0.0364. The Bertz CT molecular complexity index is 465. The summed E-state index contributed by atoms with van der Waals surface area (Å²) in [6.45, 7) is 8.22. The lowest BCUT2D eigenvalue weighted by atomic mass is 9.85. The van der Waals surface area contributed by atoms with E-state index in [2.05, 4.69) is 49.2 Å². The highest BCUT2D eigenvalue weighted by molar-refractivity contribution is 5.83. The van der Waals surface area contributed by atoms with Crippen molar-refractivity contribution in [3.63, 3.8) is 0 Å². The van der Waals surface area contributed by atoms with Gasteiger partial charge in [0, 0.05) is 18.8 Å². The van der Waals surface area contributed by atoms with Gasteiger partial charge in [-0.3, -0.25) is 4.79 Å². The molecule has 0 spiro atoms. The van der Waals surface area contributed by atoms with E-state index in [0.717, 1.165) is 12.2 Å². The van der Waals surface area contributed by atoms with E-state index in [1.165, 1.54) is 5.56 Å². The van der Waals surface area contributed by atoms with Gasteiger partial charge in [0.1, 0.15) is 0 Å². The zero-order valence-corrected chi connectivity index (χ0v) is 11.9. The fourth-order valence-corrected chi connectivity index (χ4v) is 2.52. The van der Waals surface area contributed by atoms with Crippen LogP contribution in [0, 0.1) is 0 Å². The smallest absolute Gasteiger partial charge is 0.239 e. The van der Waals surface area contributed by atoms with Gasteiger partial charge in [0.15, 0.2) is 0 Å². The minimum Gasteiger partial charge on any atom is -0.360 e. The molecule has 0 saturated carbocycles. The predicted octanol–water partition coefficient (Wildman–Crippen LogP) is 1.25. The van der Waals surface area contributed by atoms with Crippen molar-refractivity contribution in [2.24, 2.45) is 5.73 Å². The Kier molecular flexibility index (Phi) is 3.80. The van der Waals surface area contributed by atoms with E-state index < -0.39 is 0 Å². The Morgan fingerprint density at radius 1 is 1.37 bits per heavy atom. The number of nitrogens with zero attached hydrogens (tertiary/aromatic N) is 1. The van der Waals surface area contributed by atoms with Crippen LogP contribution in [0.1, 0.15) is 26.3 Å². The van der Waals surface area contributed by atoms with E-state index in [9.17, 15) is 4.79 Å². The molecule has 0 bridgehead atoms. The molecule has 4 nitrogen and oxygen atoms in total. The molecule has 1 aliphatic heterocycles. The Labute approximate surface area is 115 Å². The summed E-state index contributed by atoms with van der Waals surface area (Å²) in [5.74, 6) is 0.0467. The Hall–Kier alpha value is -1.55. The highest BCUT2D eigenvalue weighted by Crippen LogP contribution is 2.32. The van der Waals surface area contributed by atoms with Crippen LogP contribution in [-0.2, 0) is 10.2 Å². The summed E-state index contributed by atoms with van der Waals surface area (Å²) >= 11 is 0. The van der Waals surface area contributed by atoms with Gasteiger partial charge in [-0.2, -0.15) is 0 Å². The van der Waals surface area contributed by atoms with Crippen LogP contribution >= 0.6 is 0 Å². The van der Waals surface area contributed by atoms with Gasteiger partial charge in [0.25, 0.3) is 0 Å². The first-order chi connectivity index (χ1) is 8.91. The molecule has 1 aliphatic rings. The van der Waals surface area contributed by atoms with Crippen LogP contribution in [0.3, 0.4) is 0 Å². The summed E-state index contributed by atoms with van der Waals surface area (Å²) in [6, 6.07) is 8.34. The van der Waals surface area contributed by atoms with E-state index in [1.807, 2.05) is 6.07 Å². The highest BCUT2D eigenvalue weighted by atomic mass is 16.2. The van der Waals surface area contributed by atoms with E-state index in [0.29, 0.717) is 13.1 Å². The summed E-state index contributed by atoms with van der Waals surface area (Å²) in [6.07, 6.45) is 0. The first kappa shape index (κ1) is 13.9. The van der Waals surface area contributed by atoms with Crippen molar-refractivity contribution in [2.45, 2.75) is 32.2 Å². The van der Waals surface area contributed by atoms with Crippen LogP contribution < -0.4 is 16.0 Å². The monoisotopic (exact) mass is 261 g/mol. The van der Waals surface area contributed by atoms with Gasteiger partial charge in [-0.1, -0.05) is 39.0 Å². The molecule has 0 aliphatic carbocycles. The second kappa shape index (κ2) is 5.21. The largest absolute Gasteiger partial charge is 0.360 e. The normalized spacial score (nSPS) is 20.3. The van der Waals surface area contributed by atoms with Gasteiger partial charge < -0.3 is 16.0 Å². The Balaban J connectivity index is 2.33. The predicted molar refractivity (Wildman–Crippen MR) is 78.3 cm³/mol. The van der Waals surface area contributed by atoms with Gasteiger partial charge in [-0.05, 0) is 17.0 Å². The van der Waals surface area contributed by atoms with Crippen molar-refractivity contribution >= 4 is 11.6 Å². The molecule has 0 radical (unpaired) electrons. The molecule has 1 atom stereocenters. The molecule has 1 saturated heterocycles. The van der Waals surface area contributed by atoms with Crippen molar-refractivity contribution in [1.29, 1.82) is 0 Å². The van der Waals surface area contributed by atoms with Crippen LogP contribution in [0.5, 0.6) is 0 Å². The van der Waals surface area contributed by atoms with Gasteiger partial charge in [-0.15, -0.1) is 0 Å². The van der Waals surface area contributed by atoms with E-state index in [4.69, 9.17) is 5.73 Å². The zero-order chi connectivity index (χ0) is 14.0. The number of benzene rings is 1. The highest BCUT2D eigenvalue weighted by Gasteiger charge is 2.27. The molecule has 3 N–H and O–H groups in total. The van der Waals surface area contributed by atoms with Crippen molar-refractivity contribution in [1.82, 2.24) is 5.32 Å². The molecule has 19 heavy (non-hydrogen) atoms. The minimum absolute atomic E-state index is 0.0364. The molecule has 1 amide bonds. The number of piperazine rings is 1. The molecule has 104 valence electrons. The first-order valence-electron chi connectivity index (χ1n) is 6.75. The lowest BCUT2D eigenvalue weighted by molar-refractivity contribution is -0.121. The maximum Gasteiger partial charge on any atom is 0.239 e. The summed E-state index contributed by atoms with van der Waals surface area (Å²) in [5, 5.41) is 2.92. The van der Waals surface area contributed by atoms with Crippen LogP contribution in [0.2, 0.25) is 0 Å². The summed E-state index contributed by atoms with van der Waals surface area (Å²) < 4.78 is 0. The molecule has 1 unspecified atom stereocenters. The third-order valence-corrected chi connectivity index (χ3v) is 3.48. The third kappa shape index (κ3) is 3.07. The Morgan fingerprint density at radius 3 is 2.68 bits per heavy atom. The van der Waals surface area contributed by atoms with Crippen LogP contribution in [-0.4, -0.2) is 31.6 Å². The number of carbonyl (C=O) groups excluding carboxylic acids is 1. The van der Waals surface area contributed by atoms with Crippen molar-refractivity contribution < 1.29 is 4.79 Å². The van der Waals surface area contributed by atoms with E-state index in [-0.39, 0.29) is 17.4 Å². The third-order valence-electron chi connectivity index (χ3n) is 3.48. The average Bonchev–Trinajstić information content (AvgIpc) is 2.37.